The molecule has 0 spiro atoms. The summed E-state index contributed by atoms with van der Waals surface area (Å²) in [4.78, 5) is 20.4. The van der Waals surface area contributed by atoms with Crippen molar-refractivity contribution in [3.05, 3.63) is 34.4 Å². The molecule has 0 bridgehead atoms. The molecule has 5 nitrogen and oxygen atoms in total. The van der Waals surface area contributed by atoms with Crippen molar-refractivity contribution in [2.24, 2.45) is 0 Å². The number of carbonyl (C=O) groups is 1. The zero-order chi connectivity index (χ0) is 11.5. The van der Waals surface area contributed by atoms with Crippen LogP contribution in [0.15, 0.2) is 23.8 Å². The molecule has 6 heteroatoms. The Kier molecular flexibility index (Phi) is 2.82. The van der Waals surface area contributed by atoms with E-state index in [4.69, 9.17) is 5.73 Å². The van der Waals surface area contributed by atoms with Gasteiger partial charge in [0.15, 0.2) is 5.82 Å². The van der Waals surface area contributed by atoms with Crippen LogP contribution in [0, 0.1) is 6.92 Å². The third-order valence-corrected chi connectivity index (χ3v) is 2.95. The van der Waals surface area contributed by atoms with Gasteiger partial charge in [0.05, 0.1) is 16.9 Å². The smallest absolute Gasteiger partial charge is 0.268 e. The van der Waals surface area contributed by atoms with Crippen LogP contribution < -0.4 is 11.1 Å². The van der Waals surface area contributed by atoms with Gasteiger partial charge < -0.3 is 11.1 Å². The first-order valence-electron chi connectivity index (χ1n) is 4.60. The Balaban J connectivity index is 2.21. The zero-order valence-corrected chi connectivity index (χ0v) is 9.41. The highest BCUT2D eigenvalue weighted by atomic mass is 32.1. The first-order chi connectivity index (χ1) is 7.68. The molecule has 3 N–H and O–H groups in total. The largest absolute Gasteiger partial charge is 0.396 e. The SMILES string of the molecule is Cc1ncsc1C(=O)Nc1ncccc1N. The van der Waals surface area contributed by atoms with Crippen LogP contribution in [0.5, 0.6) is 0 Å². The van der Waals surface area contributed by atoms with Gasteiger partial charge in [0, 0.05) is 6.20 Å². The highest BCUT2D eigenvalue weighted by Crippen LogP contribution is 2.17. The number of carbonyl (C=O) groups excluding carboxylic acids is 1. The third kappa shape index (κ3) is 2.01. The Morgan fingerprint density at radius 1 is 1.50 bits per heavy atom. The topological polar surface area (TPSA) is 80.9 Å². The number of amides is 1. The quantitative estimate of drug-likeness (QED) is 0.828. The first-order valence-corrected chi connectivity index (χ1v) is 5.48. The van der Waals surface area contributed by atoms with Crippen molar-refractivity contribution in [2.45, 2.75) is 6.92 Å². The van der Waals surface area contributed by atoms with Gasteiger partial charge in [0.2, 0.25) is 0 Å². The summed E-state index contributed by atoms with van der Waals surface area (Å²) in [6, 6.07) is 3.39. The van der Waals surface area contributed by atoms with Crippen LogP contribution in [-0.4, -0.2) is 15.9 Å². The van der Waals surface area contributed by atoms with Gasteiger partial charge in [-0.2, -0.15) is 0 Å². The maximum absolute atomic E-state index is 11.8. The number of aromatic nitrogens is 2. The summed E-state index contributed by atoms with van der Waals surface area (Å²) < 4.78 is 0. The van der Waals surface area contributed by atoms with Crippen LogP contribution in [0.25, 0.3) is 0 Å². The summed E-state index contributed by atoms with van der Waals surface area (Å²) in [7, 11) is 0. The van der Waals surface area contributed by atoms with E-state index < -0.39 is 0 Å². The molecule has 2 rings (SSSR count). The second kappa shape index (κ2) is 4.28. The second-order valence-corrected chi connectivity index (χ2v) is 4.02. The average Bonchev–Trinajstić information content (AvgIpc) is 2.68. The lowest BCUT2D eigenvalue weighted by Gasteiger charge is -2.05. The lowest BCUT2D eigenvalue weighted by molar-refractivity contribution is 0.102. The molecule has 0 atom stereocenters. The predicted molar refractivity (Wildman–Crippen MR) is 63.5 cm³/mol. The summed E-state index contributed by atoms with van der Waals surface area (Å²) in [5.41, 5.74) is 8.45. The first kappa shape index (κ1) is 10.6. The van der Waals surface area contributed by atoms with Gasteiger partial charge in [-0.3, -0.25) is 4.79 Å². The number of nitrogens with zero attached hydrogens (tertiary/aromatic N) is 2. The Morgan fingerprint density at radius 2 is 2.31 bits per heavy atom. The Hall–Kier alpha value is -1.95. The minimum absolute atomic E-state index is 0.231. The van der Waals surface area contributed by atoms with Gasteiger partial charge in [0.25, 0.3) is 5.91 Å². The van der Waals surface area contributed by atoms with E-state index in [-0.39, 0.29) is 5.91 Å². The molecular formula is C10H10N4OS. The van der Waals surface area contributed by atoms with E-state index in [0.29, 0.717) is 22.1 Å². The molecule has 0 aromatic carbocycles. The molecular weight excluding hydrogens is 224 g/mol. The molecule has 2 aromatic rings. The fraction of sp³-hybridized carbons (Fsp3) is 0.100. The van der Waals surface area contributed by atoms with Gasteiger partial charge in [0.1, 0.15) is 4.88 Å². The van der Waals surface area contributed by atoms with Crippen LogP contribution >= 0.6 is 11.3 Å². The fourth-order valence-electron chi connectivity index (χ4n) is 1.21. The highest BCUT2D eigenvalue weighted by Gasteiger charge is 2.13. The fourth-order valence-corrected chi connectivity index (χ4v) is 1.90. The van der Waals surface area contributed by atoms with Crippen LogP contribution in [0.2, 0.25) is 0 Å². The van der Waals surface area contributed by atoms with Crippen molar-refractivity contribution >= 4 is 28.7 Å². The molecule has 82 valence electrons. The minimum atomic E-state index is -0.231. The molecule has 0 radical (unpaired) electrons. The number of nitrogen functional groups attached to an aromatic ring is 1. The van der Waals surface area contributed by atoms with E-state index in [2.05, 4.69) is 15.3 Å². The molecule has 2 aromatic heterocycles. The molecule has 0 aliphatic heterocycles. The number of pyridine rings is 1. The van der Waals surface area contributed by atoms with E-state index in [0.717, 1.165) is 0 Å². The maximum Gasteiger partial charge on any atom is 0.268 e. The summed E-state index contributed by atoms with van der Waals surface area (Å²) in [5, 5.41) is 2.65. The summed E-state index contributed by atoms with van der Waals surface area (Å²) in [6.07, 6.45) is 1.57. The van der Waals surface area contributed by atoms with E-state index in [1.54, 1.807) is 30.8 Å². The van der Waals surface area contributed by atoms with Crippen LogP contribution in [0.1, 0.15) is 15.4 Å². The van der Waals surface area contributed by atoms with Crippen molar-refractivity contribution in [1.82, 2.24) is 9.97 Å². The van der Waals surface area contributed by atoms with Crippen molar-refractivity contribution in [1.29, 1.82) is 0 Å². The van der Waals surface area contributed by atoms with Crippen LogP contribution in [0.4, 0.5) is 11.5 Å². The molecule has 0 unspecified atom stereocenters. The zero-order valence-electron chi connectivity index (χ0n) is 8.60. The van der Waals surface area contributed by atoms with Crippen molar-refractivity contribution in [2.75, 3.05) is 11.1 Å². The lowest BCUT2D eigenvalue weighted by Crippen LogP contribution is -2.14. The third-order valence-electron chi connectivity index (χ3n) is 2.02. The summed E-state index contributed by atoms with van der Waals surface area (Å²) in [5.74, 6) is 0.144. The van der Waals surface area contributed by atoms with Gasteiger partial charge in [-0.1, -0.05) is 0 Å². The molecule has 0 aliphatic rings. The maximum atomic E-state index is 11.8. The van der Waals surface area contributed by atoms with Gasteiger partial charge in [-0.15, -0.1) is 11.3 Å². The van der Waals surface area contributed by atoms with Gasteiger partial charge in [-0.05, 0) is 19.1 Å². The monoisotopic (exact) mass is 234 g/mol. The number of hydrogen-bond acceptors (Lipinski definition) is 5. The second-order valence-electron chi connectivity index (χ2n) is 3.16. The van der Waals surface area contributed by atoms with Crippen LogP contribution in [-0.2, 0) is 0 Å². The molecule has 0 aliphatic carbocycles. The van der Waals surface area contributed by atoms with Gasteiger partial charge >= 0.3 is 0 Å². The Bertz CT molecular complexity index is 523. The predicted octanol–water partition coefficient (Wildman–Crippen LogP) is 1.68. The lowest BCUT2D eigenvalue weighted by atomic mass is 10.3. The standard InChI is InChI=1S/C10H10N4OS/c1-6-8(16-5-13-6)10(15)14-9-7(11)3-2-4-12-9/h2-5H,11H2,1H3,(H,12,14,15). The number of aryl methyl sites for hydroxylation is 1. The Morgan fingerprint density at radius 3 is 2.94 bits per heavy atom. The van der Waals surface area contributed by atoms with Crippen LogP contribution in [0.3, 0.4) is 0 Å². The molecule has 0 saturated carbocycles. The number of nitrogens with one attached hydrogen (secondary N) is 1. The van der Waals surface area contributed by atoms with E-state index in [9.17, 15) is 4.79 Å². The van der Waals surface area contributed by atoms with E-state index >= 15 is 0 Å². The molecule has 0 saturated heterocycles. The molecule has 1 amide bonds. The number of hydrogen-bond donors (Lipinski definition) is 2. The molecule has 16 heavy (non-hydrogen) atoms. The van der Waals surface area contributed by atoms with E-state index in [1.807, 2.05) is 0 Å². The highest BCUT2D eigenvalue weighted by molar-refractivity contribution is 7.12. The van der Waals surface area contributed by atoms with Crippen molar-refractivity contribution < 1.29 is 4.79 Å². The number of thiazole rings is 1. The number of nitrogens with two attached hydrogens (primary N) is 1. The van der Waals surface area contributed by atoms with Gasteiger partial charge in [-0.25, -0.2) is 9.97 Å². The Labute approximate surface area is 96.3 Å². The molecule has 0 fully saturated rings. The average molecular weight is 234 g/mol. The number of anilines is 2. The summed E-state index contributed by atoms with van der Waals surface area (Å²) in [6.45, 7) is 1.78. The van der Waals surface area contributed by atoms with Crippen molar-refractivity contribution in [3.8, 4) is 0 Å². The van der Waals surface area contributed by atoms with Crippen molar-refractivity contribution in [3.63, 3.8) is 0 Å². The normalized spacial score (nSPS) is 10.1. The summed E-state index contributed by atoms with van der Waals surface area (Å²) >= 11 is 1.29. The molecule has 2 heterocycles. The number of rotatable bonds is 2. The minimum Gasteiger partial charge on any atom is -0.396 e. The van der Waals surface area contributed by atoms with E-state index in [1.165, 1.54) is 11.3 Å².